The van der Waals surface area contributed by atoms with Gasteiger partial charge in [0, 0.05) is 24.6 Å². The van der Waals surface area contributed by atoms with Gasteiger partial charge in [0.15, 0.2) is 17.5 Å². The van der Waals surface area contributed by atoms with E-state index in [1.807, 2.05) is 0 Å². The normalized spacial score (nSPS) is 20.3. The second-order valence-electron chi connectivity index (χ2n) is 5.71. The molecule has 1 fully saturated rings. The Labute approximate surface area is 137 Å². The van der Waals surface area contributed by atoms with Crippen LogP contribution < -0.4 is 5.32 Å². The summed E-state index contributed by atoms with van der Waals surface area (Å²) in [6.45, 7) is 2.58. The van der Waals surface area contributed by atoms with Crippen LogP contribution in [-0.2, 0) is 16.0 Å². The third kappa shape index (κ3) is 3.59. The third-order valence-electron chi connectivity index (χ3n) is 3.94. The van der Waals surface area contributed by atoms with Crippen LogP contribution in [0.5, 0.6) is 0 Å². The molecule has 1 aliphatic heterocycles. The molecule has 1 saturated heterocycles. The minimum absolute atomic E-state index is 0.00819. The molecule has 1 N–H and O–H groups in total. The Bertz CT molecular complexity index is 735. The van der Waals surface area contributed by atoms with Gasteiger partial charge in [0.05, 0.1) is 6.42 Å². The minimum Gasteiger partial charge on any atom is -0.368 e. The van der Waals surface area contributed by atoms with Gasteiger partial charge in [-0.2, -0.15) is 4.98 Å². The number of halogens is 2. The highest BCUT2D eigenvalue weighted by molar-refractivity contribution is 5.78. The first kappa shape index (κ1) is 16.5. The van der Waals surface area contributed by atoms with Crippen molar-refractivity contribution in [3.63, 3.8) is 0 Å². The van der Waals surface area contributed by atoms with Crippen molar-refractivity contribution in [1.82, 2.24) is 15.5 Å². The number of amides is 1. The fraction of sp³-hybridized carbons (Fsp3) is 0.438. The van der Waals surface area contributed by atoms with Crippen molar-refractivity contribution in [2.24, 2.45) is 5.92 Å². The highest BCUT2D eigenvalue weighted by atomic mass is 19.2. The van der Waals surface area contributed by atoms with Crippen LogP contribution in [0.3, 0.4) is 0 Å². The summed E-state index contributed by atoms with van der Waals surface area (Å²) in [7, 11) is 0. The number of aryl methyl sites for hydroxylation is 1. The van der Waals surface area contributed by atoms with E-state index in [1.165, 1.54) is 12.1 Å². The largest absolute Gasteiger partial charge is 0.368 e. The Hall–Kier alpha value is -2.35. The molecule has 1 aliphatic rings. The Morgan fingerprint density at radius 1 is 1.42 bits per heavy atom. The number of nitrogens with zero attached hydrogens (tertiary/aromatic N) is 2. The van der Waals surface area contributed by atoms with Gasteiger partial charge in [0.25, 0.3) is 5.89 Å². The first-order valence-corrected chi connectivity index (χ1v) is 7.66. The SMILES string of the molecule is Cc1noc([C@H]2OCC[C@H]2CNC(=O)Cc2cccc(F)c2F)n1. The summed E-state index contributed by atoms with van der Waals surface area (Å²) in [5.41, 5.74) is 0.0271. The maximum absolute atomic E-state index is 13.6. The van der Waals surface area contributed by atoms with E-state index in [-0.39, 0.29) is 29.9 Å². The van der Waals surface area contributed by atoms with E-state index in [0.717, 1.165) is 12.5 Å². The fourth-order valence-corrected chi connectivity index (χ4v) is 2.71. The molecule has 128 valence electrons. The summed E-state index contributed by atoms with van der Waals surface area (Å²) in [6, 6.07) is 3.78. The molecule has 0 spiro atoms. The number of rotatable bonds is 5. The van der Waals surface area contributed by atoms with Crippen LogP contribution in [0.25, 0.3) is 0 Å². The lowest BCUT2D eigenvalue weighted by Crippen LogP contribution is -2.32. The minimum atomic E-state index is -0.990. The van der Waals surface area contributed by atoms with Gasteiger partial charge >= 0.3 is 0 Å². The summed E-state index contributed by atoms with van der Waals surface area (Å²) in [5.74, 6) is -1.43. The summed E-state index contributed by atoms with van der Waals surface area (Å²) in [5, 5.41) is 6.46. The van der Waals surface area contributed by atoms with Crippen LogP contribution in [0.4, 0.5) is 8.78 Å². The number of hydrogen-bond donors (Lipinski definition) is 1. The maximum atomic E-state index is 13.6. The molecule has 2 aromatic rings. The van der Waals surface area contributed by atoms with Crippen LogP contribution in [0.15, 0.2) is 22.7 Å². The Kier molecular flexibility index (Phi) is 4.84. The number of carbonyl (C=O) groups excluding carboxylic acids is 1. The molecular weight excluding hydrogens is 320 g/mol. The Morgan fingerprint density at radius 2 is 2.25 bits per heavy atom. The smallest absolute Gasteiger partial charge is 0.256 e. The van der Waals surface area contributed by atoms with Gasteiger partial charge in [-0.25, -0.2) is 8.78 Å². The van der Waals surface area contributed by atoms with Crippen LogP contribution >= 0.6 is 0 Å². The van der Waals surface area contributed by atoms with E-state index in [4.69, 9.17) is 9.26 Å². The summed E-state index contributed by atoms with van der Waals surface area (Å²) >= 11 is 0. The van der Waals surface area contributed by atoms with Crippen molar-refractivity contribution in [2.75, 3.05) is 13.2 Å². The molecule has 24 heavy (non-hydrogen) atoms. The van der Waals surface area contributed by atoms with Gasteiger partial charge in [-0.05, 0) is 19.4 Å². The van der Waals surface area contributed by atoms with Gasteiger partial charge in [0.1, 0.15) is 6.10 Å². The van der Waals surface area contributed by atoms with Crippen LogP contribution in [0.1, 0.15) is 29.8 Å². The number of nitrogens with one attached hydrogen (secondary N) is 1. The predicted molar refractivity (Wildman–Crippen MR) is 78.9 cm³/mol. The van der Waals surface area contributed by atoms with E-state index in [2.05, 4.69) is 15.5 Å². The highest BCUT2D eigenvalue weighted by Crippen LogP contribution is 2.33. The summed E-state index contributed by atoms with van der Waals surface area (Å²) in [4.78, 5) is 16.1. The molecule has 0 saturated carbocycles. The fourth-order valence-electron chi connectivity index (χ4n) is 2.71. The highest BCUT2D eigenvalue weighted by Gasteiger charge is 2.34. The topological polar surface area (TPSA) is 77.3 Å². The van der Waals surface area contributed by atoms with Crippen molar-refractivity contribution >= 4 is 5.91 Å². The van der Waals surface area contributed by atoms with Crippen molar-refractivity contribution in [3.05, 3.63) is 47.1 Å². The van der Waals surface area contributed by atoms with Gasteiger partial charge in [-0.3, -0.25) is 4.79 Å². The first-order chi connectivity index (χ1) is 11.5. The molecule has 0 aliphatic carbocycles. The quantitative estimate of drug-likeness (QED) is 0.904. The van der Waals surface area contributed by atoms with Crippen molar-refractivity contribution < 1.29 is 22.8 Å². The zero-order valence-corrected chi connectivity index (χ0v) is 13.1. The van der Waals surface area contributed by atoms with E-state index in [1.54, 1.807) is 6.92 Å². The number of carbonyl (C=O) groups is 1. The molecule has 6 nitrogen and oxygen atoms in total. The molecule has 0 bridgehead atoms. The molecule has 2 heterocycles. The first-order valence-electron chi connectivity index (χ1n) is 7.66. The van der Waals surface area contributed by atoms with E-state index >= 15 is 0 Å². The molecule has 8 heteroatoms. The maximum Gasteiger partial charge on any atom is 0.256 e. The Balaban J connectivity index is 1.56. The van der Waals surface area contributed by atoms with Gasteiger partial charge in [-0.15, -0.1) is 0 Å². The standard InChI is InChI=1S/C16H17F2N3O3/c1-9-20-16(24-21-9)15-11(5-6-23-15)8-19-13(22)7-10-3-2-4-12(17)14(10)18/h2-4,11,15H,5-8H2,1H3,(H,19,22)/t11-,15-/m0/s1. The van der Waals surface area contributed by atoms with Gasteiger partial charge < -0.3 is 14.6 Å². The second-order valence-corrected chi connectivity index (χ2v) is 5.71. The van der Waals surface area contributed by atoms with E-state index < -0.39 is 11.6 Å². The number of aromatic nitrogens is 2. The van der Waals surface area contributed by atoms with Crippen LogP contribution in [-0.4, -0.2) is 29.2 Å². The second kappa shape index (κ2) is 7.04. The molecule has 0 unspecified atom stereocenters. The van der Waals surface area contributed by atoms with E-state index in [0.29, 0.717) is 24.9 Å². The van der Waals surface area contributed by atoms with E-state index in [9.17, 15) is 13.6 Å². The number of benzene rings is 1. The van der Waals surface area contributed by atoms with Crippen molar-refractivity contribution in [2.45, 2.75) is 25.9 Å². The van der Waals surface area contributed by atoms with Gasteiger partial charge in [-0.1, -0.05) is 17.3 Å². The molecule has 0 radical (unpaired) electrons. The zero-order valence-electron chi connectivity index (χ0n) is 13.1. The average Bonchev–Trinajstić information content (AvgIpc) is 3.18. The molecule has 1 aromatic carbocycles. The molecular formula is C16H17F2N3O3. The number of ether oxygens (including phenoxy) is 1. The number of hydrogen-bond acceptors (Lipinski definition) is 5. The van der Waals surface area contributed by atoms with Gasteiger partial charge in [0.2, 0.25) is 5.91 Å². The zero-order chi connectivity index (χ0) is 17.1. The average molecular weight is 337 g/mol. The lowest BCUT2D eigenvalue weighted by molar-refractivity contribution is -0.120. The molecule has 3 rings (SSSR count). The summed E-state index contributed by atoms with van der Waals surface area (Å²) in [6.07, 6.45) is 0.153. The predicted octanol–water partition coefficient (Wildman–Crippen LogP) is 2.09. The van der Waals surface area contributed by atoms with Crippen molar-refractivity contribution in [1.29, 1.82) is 0 Å². The van der Waals surface area contributed by atoms with Crippen LogP contribution in [0.2, 0.25) is 0 Å². The molecule has 1 amide bonds. The van der Waals surface area contributed by atoms with Crippen LogP contribution in [0, 0.1) is 24.5 Å². The molecule has 2 atom stereocenters. The lowest BCUT2D eigenvalue weighted by Gasteiger charge is -2.15. The monoisotopic (exact) mass is 337 g/mol. The summed E-state index contributed by atoms with van der Waals surface area (Å²) < 4.78 is 37.5. The Morgan fingerprint density at radius 3 is 3.00 bits per heavy atom. The lowest BCUT2D eigenvalue weighted by atomic mass is 10.0. The third-order valence-corrected chi connectivity index (χ3v) is 3.94. The van der Waals surface area contributed by atoms with Crippen molar-refractivity contribution in [3.8, 4) is 0 Å². The molecule has 1 aromatic heterocycles.